The van der Waals surface area contributed by atoms with Gasteiger partial charge in [-0.05, 0) is 32.4 Å². The fraction of sp³-hybridized carbons (Fsp3) is 0.389. The Morgan fingerprint density at radius 1 is 1.04 bits per heavy atom. The van der Waals surface area contributed by atoms with Gasteiger partial charge in [-0.15, -0.1) is 0 Å². The topological polar surface area (TPSA) is 81.7 Å². The number of ketones is 1. The molecule has 128 valence electrons. The molecule has 1 aliphatic heterocycles. The van der Waals surface area contributed by atoms with E-state index in [9.17, 15) is 14.4 Å². The molecule has 24 heavy (non-hydrogen) atoms. The van der Waals surface area contributed by atoms with Crippen molar-refractivity contribution < 1.29 is 23.9 Å². The Morgan fingerprint density at radius 2 is 1.58 bits per heavy atom. The fourth-order valence-electron chi connectivity index (χ4n) is 2.69. The van der Waals surface area contributed by atoms with Crippen LogP contribution in [0, 0.1) is 0 Å². The summed E-state index contributed by atoms with van der Waals surface area (Å²) in [5, 5.41) is 2.96. The maximum atomic E-state index is 12.5. The lowest BCUT2D eigenvalue weighted by molar-refractivity contribution is -0.162. The summed E-state index contributed by atoms with van der Waals surface area (Å²) in [7, 11) is 0. The third-order valence-corrected chi connectivity index (χ3v) is 3.79. The number of carbonyl (C=O) groups is 3. The summed E-state index contributed by atoms with van der Waals surface area (Å²) in [5.41, 5.74) is -0.704. The number of rotatable bonds is 6. The van der Waals surface area contributed by atoms with Crippen molar-refractivity contribution in [3.8, 4) is 0 Å². The number of esters is 2. The van der Waals surface area contributed by atoms with E-state index in [2.05, 4.69) is 5.32 Å². The van der Waals surface area contributed by atoms with Gasteiger partial charge in [0.1, 0.15) is 0 Å². The molecule has 0 bridgehead atoms. The Labute approximate surface area is 140 Å². The van der Waals surface area contributed by atoms with E-state index in [1.165, 1.54) is 13.0 Å². The predicted octanol–water partition coefficient (Wildman–Crippen LogP) is 1.71. The number of benzene rings is 1. The molecule has 1 N–H and O–H groups in total. The zero-order chi connectivity index (χ0) is 17.7. The van der Waals surface area contributed by atoms with Gasteiger partial charge in [-0.25, -0.2) is 9.59 Å². The van der Waals surface area contributed by atoms with Crippen molar-refractivity contribution in [2.24, 2.45) is 0 Å². The minimum Gasteiger partial charge on any atom is -0.464 e. The average molecular weight is 331 g/mol. The van der Waals surface area contributed by atoms with Crippen LogP contribution in [0.4, 0.5) is 0 Å². The monoisotopic (exact) mass is 331 g/mol. The number of ether oxygens (including phenoxy) is 2. The van der Waals surface area contributed by atoms with Crippen molar-refractivity contribution in [2.75, 3.05) is 13.2 Å². The van der Waals surface area contributed by atoms with Gasteiger partial charge in [0, 0.05) is 5.57 Å². The summed E-state index contributed by atoms with van der Waals surface area (Å²) in [4.78, 5) is 37.0. The van der Waals surface area contributed by atoms with E-state index in [0.29, 0.717) is 5.57 Å². The van der Waals surface area contributed by atoms with E-state index in [0.717, 1.165) is 5.56 Å². The predicted molar refractivity (Wildman–Crippen MR) is 87.1 cm³/mol. The highest BCUT2D eigenvalue weighted by atomic mass is 16.6. The van der Waals surface area contributed by atoms with E-state index in [1.54, 1.807) is 13.8 Å². The number of carbonyl (C=O) groups excluding carboxylic acids is 3. The van der Waals surface area contributed by atoms with E-state index in [1.807, 2.05) is 30.3 Å². The molecule has 0 radical (unpaired) electrons. The average Bonchev–Trinajstić information content (AvgIpc) is 2.98. The Bertz CT molecular complexity index is 647. The first-order chi connectivity index (χ1) is 11.5. The van der Waals surface area contributed by atoms with Gasteiger partial charge in [0.25, 0.3) is 0 Å². The second-order valence-electron chi connectivity index (χ2n) is 5.39. The van der Waals surface area contributed by atoms with Crippen LogP contribution in [-0.2, 0) is 23.9 Å². The minimum absolute atomic E-state index is 0.112. The van der Waals surface area contributed by atoms with Crippen molar-refractivity contribution in [3.05, 3.63) is 47.5 Å². The van der Waals surface area contributed by atoms with E-state index < -0.39 is 23.5 Å². The molecule has 0 aliphatic carbocycles. The van der Waals surface area contributed by atoms with Gasteiger partial charge in [-0.3, -0.25) is 10.1 Å². The Balaban J connectivity index is 2.51. The highest BCUT2D eigenvalue weighted by molar-refractivity contribution is 6.11. The second kappa shape index (κ2) is 7.40. The molecule has 1 aromatic rings. The molecule has 0 aromatic heterocycles. The number of Topliss-reactive ketones (excluding diaryl/α,β-unsaturated/α-hetero) is 1. The molecule has 0 unspecified atom stereocenters. The number of hydrogen-bond donors (Lipinski definition) is 1. The van der Waals surface area contributed by atoms with Crippen molar-refractivity contribution in [3.63, 3.8) is 0 Å². The lowest BCUT2D eigenvalue weighted by Gasteiger charge is -2.25. The summed E-state index contributed by atoms with van der Waals surface area (Å²) >= 11 is 0. The van der Waals surface area contributed by atoms with Gasteiger partial charge in [0.2, 0.25) is 5.54 Å². The molecular weight excluding hydrogens is 310 g/mol. The highest BCUT2D eigenvalue weighted by Gasteiger charge is 2.54. The van der Waals surface area contributed by atoms with E-state index >= 15 is 0 Å². The molecule has 6 nitrogen and oxygen atoms in total. The summed E-state index contributed by atoms with van der Waals surface area (Å²) in [6.07, 6.45) is 1.34. The molecule has 1 atom stereocenters. The Kier molecular flexibility index (Phi) is 5.51. The molecule has 1 aliphatic rings. The van der Waals surface area contributed by atoms with Crippen molar-refractivity contribution >= 4 is 17.7 Å². The first-order valence-corrected chi connectivity index (χ1v) is 7.87. The first kappa shape index (κ1) is 17.9. The third-order valence-electron chi connectivity index (χ3n) is 3.79. The summed E-state index contributed by atoms with van der Waals surface area (Å²) in [6.45, 7) is 4.92. The van der Waals surface area contributed by atoms with Crippen molar-refractivity contribution in [1.82, 2.24) is 5.32 Å². The molecule has 0 spiro atoms. The van der Waals surface area contributed by atoms with Gasteiger partial charge >= 0.3 is 11.9 Å². The van der Waals surface area contributed by atoms with Crippen LogP contribution in [0.2, 0.25) is 0 Å². The Morgan fingerprint density at radius 3 is 2.04 bits per heavy atom. The molecular formula is C18H21NO5. The van der Waals surface area contributed by atoms with Crippen LogP contribution in [0.5, 0.6) is 0 Å². The van der Waals surface area contributed by atoms with Crippen molar-refractivity contribution in [2.45, 2.75) is 32.4 Å². The number of nitrogens with one attached hydrogen (secondary N) is 1. The van der Waals surface area contributed by atoms with E-state index in [-0.39, 0.29) is 19.0 Å². The highest BCUT2D eigenvalue weighted by Crippen LogP contribution is 2.35. The zero-order valence-corrected chi connectivity index (χ0v) is 14.0. The number of hydrogen-bond acceptors (Lipinski definition) is 6. The molecule has 6 heteroatoms. The quantitative estimate of drug-likeness (QED) is 0.631. The normalized spacial score (nSPS) is 18.6. The molecule has 1 heterocycles. The summed E-state index contributed by atoms with van der Waals surface area (Å²) < 4.78 is 10.1. The molecule has 1 aromatic carbocycles. The smallest absolute Gasteiger partial charge is 0.342 e. The van der Waals surface area contributed by atoms with Crippen LogP contribution in [0.15, 0.2) is 42.0 Å². The molecule has 0 saturated heterocycles. The maximum Gasteiger partial charge on any atom is 0.342 e. The maximum absolute atomic E-state index is 12.5. The summed E-state index contributed by atoms with van der Waals surface area (Å²) in [5.74, 6) is -1.78. The van der Waals surface area contributed by atoms with Crippen LogP contribution in [0.3, 0.4) is 0 Å². The lowest BCUT2D eigenvalue weighted by atomic mass is 9.97. The largest absolute Gasteiger partial charge is 0.464 e. The standard InChI is InChI=1S/C18H21NO5/c1-4-23-16(21)18(17(22)24-5-2)11-14(12(3)20)15(19-18)13-9-7-6-8-10-13/h6-11,15,19H,4-5H2,1-3H3/t15-/m0/s1. The van der Waals surface area contributed by atoms with E-state index in [4.69, 9.17) is 9.47 Å². The molecule has 0 saturated carbocycles. The lowest BCUT2D eigenvalue weighted by Crippen LogP contribution is -2.56. The van der Waals surface area contributed by atoms with Crippen molar-refractivity contribution in [1.29, 1.82) is 0 Å². The third kappa shape index (κ3) is 3.23. The van der Waals surface area contributed by atoms with Gasteiger partial charge in [-0.1, -0.05) is 30.3 Å². The van der Waals surface area contributed by atoms with Gasteiger partial charge < -0.3 is 9.47 Å². The van der Waals surface area contributed by atoms with Gasteiger partial charge in [0.05, 0.1) is 19.3 Å². The fourth-order valence-corrected chi connectivity index (χ4v) is 2.69. The van der Waals surface area contributed by atoms with Crippen LogP contribution in [-0.4, -0.2) is 36.5 Å². The molecule has 2 rings (SSSR count). The second-order valence-corrected chi connectivity index (χ2v) is 5.39. The summed E-state index contributed by atoms with van der Waals surface area (Å²) in [6, 6.07) is 8.55. The van der Waals surface area contributed by atoms with Crippen LogP contribution in [0.25, 0.3) is 0 Å². The minimum atomic E-state index is -1.81. The Hall–Kier alpha value is -2.47. The van der Waals surface area contributed by atoms with Gasteiger partial charge in [0.15, 0.2) is 5.78 Å². The SMILES string of the molecule is CCOC(=O)C1(C(=O)OCC)C=C(C(C)=O)[C@H](c2ccccc2)N1. The van der Waals surface area contributed by atoms with Crippen LogP contribution in [0.1, 0.15) is 32.4 Å². The van der Waals surface area contributed by atoms with Crippen LogP contribution >= 0.6 is 0 Å². The molecule has 0 amide bonds. The zero-order valence-electron chi connectivity index (χ0n) is 14.0. The van der Waals surface area contributed by atoms with Gasteiger partial charge in [-0.2, -0.15) is 0 Å². The first-order valence-electron chi connectivity index (χ1n) is 7.87. The van der Waals surface area contributed by atoms with Crippen LogP contribution < -0.4 is 5.32 Å². The molecule has 0 fully saturated rings.